The van der Waals surface area contributed by atoms with E-state index in [0.717, 1.165) is 94.4 Å². The molecule has 0 N–H and O–H groups in total. The van der Waals surface area contributed by atoms with Gasteiger partial charge in [-0.3, -0.25) is 0 Å². The fraction of sp³-hybridized carbons (Fsp3) is 0.286. The maximum Gasteiger partial charge on any atom is 0.127 e. The number of ether oxygens (including phenoxy) is 4. The number of rotatable bonds is 18. The van der Waals surface area contributed by atoms with E-state index in [-0.39, 0.29) is 0 Å². The molecule has 0 spiro atoms. The lowest BCUT2D eigenvalue weighted by Crippen LogP contribution is -1.96. The Labute approximate surface area is 295 Å². The predicted molar refractivity (Wildman–Crippen MR) is 200 cm³/mol. The molecule has 258 valence electrons. The molecule has 5 rings (SSSR count). The number of nitrogens with zero attached hydrogens (tertiary/aromatic N) is 4. The van der Waals surface area contributed by atoms with Crippen molar-refractivity contribution in [2.24, 2.45) is 20.5 Å². The van der Waals surface area contributed by atoms with E-state index in [1.165, 1.54) is 25.7 Å². The standard InChI is InChI=1S/C42H46N4O4/c1-5-7-9-27-47-35-15-19-37(20-16-35)49-39-23-25-41(31(3)29-39)45-43-33-11-13-34(14-12-33)44-46-42-26-24-40(30-32(42)4)50-38-21-17-36(18-22-38)48-28-10-8-6-2/h11-26,29-30H,5-10,27-28H2,1-4H3. The van der Waals surface area contributed by atoms with Crippen molar-refractivity contribution in [3.8, 4) is 34.5 Å². The van der Waals surface area contributed by atoms with Crippen LogP contribution in [0.3, 0.4) is 0 Å². The van der Waals surface area contributed by atoms with Crippen LogP contribution >= 0.6 is 0 Å². The van der Waals surface area contributed by atoms with Gasteiger partial charge in [-0.15, -0.1) is 0 Å². The minimum Gasteiger partial charge on any atom is -0.494 e. The smallest absolute Gasteiger partial charge is 0.127 e. The number of azo groups is 2. The summed E-state index contributed by atoms with van der Waals surface area (Å²) in [4.78, 5) is 0. The van der Waals surface area contributed by atoms with Gasteiger partial charge in [0.25, 0.3) is 0 Å². The van der Waals surface area contributed by atoms with Crippen LogP contribution in [0.2, 0.25) is 0 Å². The summed E-state index contributed by atoms with van der Waals surface area (Å²) in [6.45, 7) is 9.81. The van der Waals surface area contributed by atoms with Crippen molar-refractivity contribution in [1.82, 2.24) is 0 Å². The Morgan fingerprint density at radius 3 is 1.12 bits per heavy atom. The van der Waals surface area contributed by atoms with Crippen molar-refractivity contribution in [2.45, 2.75) is 66.2 Å². The number of hydrogen-bond acceptors (Lipinski definition) is 8. The van der Waals surface area contributed by atoms with Crippen LogP contribution in [0.15, 0.2) is 130 Å². The van der Waals surface area contributed by atoms with Crippen molar-refractivity contribution < 1.29 is 18.9 Å². The van der Waals surface area contributed by atoms with Crippen LogP contribution in [0, 0.1) is 13.8 Å². The van der Waals surface area contributed by atoms with Crippen LogP contribution < -0.4 is 18.9 Å². The highest BCUT2D eigenvalue weighted by Crippen LogP contribution is 2.32. The van der Waals surface area contributed by atoms with Gasteiger partial charge in [-0.25, -0.2) is 0 Å². The summed E-state index contributed by atoms with van der Waals surface area (Å²) < 4.78 is 23.7. The molecule has 8 nitrogen and oxygen atoms in total. The molecule has 0 radical (unpaired) electrons. The van der Waals surface area contributed by atoms with E-state index in [0.29, 0.717) is 0 Å². The zero-order valence-electron chi connectivity index (χ0n) is 29.5. The normalized spacial score (nSPS) is 11.3. The summed E-state index contributed by atoms with van der Waals surface area (Å²) in [5.41, 5.74) is 4.89. The molecule has 0 saturated heterocycles. The van der Waals surface area contributed by atoms with Gasteiger partial charge in [0, 0.05) is 0 Å². The van der Waals surface area contributed by atoms with E-state index in [4.69, 9.17) is 18.9 Å². The van der Waals surface area contributed by atoms with Crippen LogP contribution in [0.5, 0.6) is 34.5 Å². The molecular weight excluding hydrogens is 624 g/mol. The Hall–Kier alpha value is -5.50. The summed E-state index contributed by atoms with van der Waals surface area (Å²) in [6.07, 6.45) is 6.84. The maximum atomic E-state index is 6.04. The molecule has 0 fully saturated rings. The minimum atomic E-state index is 0.717. The van der Waals surface area contributed by atoms with Crippen LogP contribution in [0.4, 0.5) is 22.7 Å². The zero-order valence-corrected chi connectivity index (χ0v) is 29.5. The third-order valence-corrected chi connectivity index (χ3v) is 7.88. The van der Waals surface area contributed by atoms with Crippen molar-refractivity contribution in [3.05, 3.63) is 120 Å². The van der Waals surface area contributed by atoms with E-state index in [1.807, 2.05) is 123 Å². The monoisotopic (exact) mass is 670 g/mol. The van der Waals surface area contributed by atoms with E-state index in [9.17, 15) is 0 Å². The van der Waals surface area contributed by atoms with Gasteiger partial charge in [-0.1, -0.05) is 39.5 Å². The summed E-state index contributed by atoms with van der Waals surface area (Å²) in [5.74, 6) is 4.67. The summed E-state index contributed by atoms with van der Waals surface area (Å²) in [6, 6.07) is 34.4. The van der Waals surface area contributed by atoms with Crippen LogP contribution in [0.1, 0.15) is 63.5 Å². The second-order valence-electron chi connectivity index (χ2n) is 12.1. The molecule has 0 amide bonds. The first-order chi connectivity index (χ1) is 24.5. The first kappa shape index (κ1) is 35.8. The van der Waals surface area contributed by atoms with Gasteiger partial charge in [0.05, 0.1) is 36.0 Å². The first-order valence-electron chi connectivity index (χ1n) is 17.5. The van der Waals surface area contributed by atoms with Gasteiger partial charge >= 0.3 is 0 Å². The molecule has 0 unspecified atom stereocenters. The summed E-state index contributed by atoms with van der Waals surface area (Å²) in [7, 11) is 0. The Kier molecular flexibility index (Phi) is 13.5. The number of unbranched alkanes of at least 4 members (excludes halogenated alkanes) is 4. The lowest BCUT2D eigenvalue weighted by Gasteiger charge is -2.09. The number of hydrogen-bond donors (Lipinski definition) is 0. The Bertz CT molecular complexity index is 1700. The molecule has 5 aromatic rings. The molecule has 5 aromatic carbocycles. The summed E-state index contributed by atoms with van der Waals surface area (Å²) >= 11 is 0. The molecular formula is C42H46N4O4. The maximum absolute atomic E-state index is 6.04. The van der Waals surface area contributed by atoms with E-state index >= 15 is 0 Å². The molecule has 0 aliphatic heterocycles. The van der Waals surface area contributed by atoms with Crippen molar-refractivity contribution in [3.63, 3.8) is 0 Å². The van der Waals surface area contributed by atoms with Crippen molar-refractivity contribution in [2.75, 3.05) is 13.2 Å². The quantitative estimate of drug-likeness (QED) is 0.0686. The summed E-state index contributed by atoms with van der Waals surface area (Å²) in [5, 5.41) is 17.7. The topological polar surface area (TPSA) is 86.4 Å². The highest BCUT2D eigenvalue weighted by atomic mass is 16.5. The number of benzene rings is 5. The van der Waals surface area contributed by atoms with Crippen LogP contribution in [0.25, 0.3) is 0 Å². The van der Waals surface area contributed by atoms with Crippen molar-refractivity contribution in [1.29, 1.82) is 0 Å². The lowest BCUT2D eigenvalue weighted by molar-refractivity contribution is 0.305. The lowest BCUT2D eigenvalue weighted by atomic mass is 10.2. The van der Waals surface area contributed by atoms with Gasteiger partial charge in [-0.2, -0.15) is 20.5 Å². The molecule has 0 heterocycles. The largest absolute Gasteiger partial charge is 0.494 e. The third kappa shape index (κ3) is 11.3. The Morgan fingerprint density at radius 1 is 0.400 bits per heavy atom. The fourth-order valence-corrected chi connectivity index (χ4v) is 4.98. The van der Waals surface area contributed by atoms with Gasteiger partial charge < -0.3 is 18.9 Å². The molecule has 0 bridgehead atoms. The number of aryl methyl sites for hydroxylation is 2. The minimum absolute atomic E-state index is 0.717. The average Bonchev–Trinajstić information content (AvgIpc) is 3.13. The molecule has 0 saturated carbocycles. The Balaban J connectivity index is 1.10. The third-order valence-electron chi connectivity index (χ3n) is 7.88. The van der Waals surface area contributed by atoms with Gasteiger partial charge in [0.1, 0.15) is 34.5 Å². The second-order valence-corrected chi connectivity index (χ2v) is 12.1. The van der Waals surface area contributed by atoms with E-state index in [2.05, 4.69) is 34.3 Å². The van der Waals surface area contributed by atoms with E-state index in [1.54, 1.807) is 0 Å². The first-order valence-corrected chi connectivity index (χ1v) is 17.5. The van der Waals surface area contributed by atoms with Gasteiger partial charge in [-0.05, 0) is 147 Å². The highest BCUT2D eigenvalue weighted by Gasteiger charge is 2.05. The molecule has 0 aliphatic carbocycles. The molecule has 50 heavy (non-hydrogen) atoms. The van der Waals surface area contributed by atoms with Gasteiger partial charge in [0.2, 0.25) is 0 Å². The van der Waals surface area contributed by atoms with Crippen molar-refractivity contribution >= 4 is 22.7 Å². The van der Waals surface area contributed by atoms with Crippen LogP contribution in [-0.2, 0) is 0 Å². The van der Waals surface area contributed by atoms with Gasteiger partial charge in [0.15, 0.2) is 0 Å². The zero-order chi connectivity index (χ0) is 35.0. The SMILES string of the molecule is CCCCCOc1ccc(Oc2ccc(N=Nc3ccc(N=Nc4ccc(Oc5ccc(OCCCCC)cc5)cc4C)cc3)c(C)c2)cc1. The molecule has 8 heteroatoms. The highest BCUT2D eigenvalue weighted by molar-refractivity contribution is 5.53. The Morgan fingerprint density at radius 2 is 0.760 bits per heavy atom. The second kappa shape index (κ2) is 18.9. The van der Waals surface area contributed by atoms with E-state index < -0.39 is 0 Å². The average molecular weight is 671 g/mol. The van der Waals surface area contributed by atoms with Crippen LogP contribution in [-0.4, -0.2) is 13.2 Å². The molecule has 0 aliphatic rings. The molecule has 0 atom stereocenters. The fourth-order valence-electron chi connectivity index (χ4n) is 4.98. The predicted octanol–water partition coefficient (Wildman–Crippen LogP) is 13.9. The molecule has 0 aromatic heterocycles.